The summed E-state index contributed by atoms with van der Waals surface area (Å²) in [5.41, 5.74) is 12.6. The Labute approximate surface area is 117 Å². The van der Waals surface area contributed by atoms with Crippen molar-refractivity contribution >= 4 is 28.3 Å². The molecule has 0 saturated heterocycles. The van der Waals surface area contributed by atoms with Crippen LogP contribution in [0.25, 0.3) is 0 Å². The standard InChI is InChI=1S/C12H19BrN2O.ClH/c1-16-12-8-9(13)5-6-10(12)11(15)4-2-3-7-14;/h5-6,8,11H,2-4,7,14-15H2,1H3;1H/t11-;/m0./s1. The summed E-state index contributed by atoms with van der Waals surface area (Å²) >= 11 is 3.41. The zero-order chi connectivity index (χ0) is 12.0. The molecule has 1 aromatic carbocycles. The van der Waals surface area contributed by atoms with Crippen LogP contribution in [0.4, 0.5) is 0 Å². The fourth-order valence-corrected chi connectivity index (χ4v) is 2.00. The SMILES string of the molecule is COc1cc(Br)ccc1[C@@H](N)CCCCN.Cl. The molecule has 0 heterocycles. The second-order valence-corrected chi connectivity index (χ2v) is 4.69. The number of methoxy groups -OCH3 is 1. The Bertz CT molecular complexity index is 336. The van der Waals surface area contributed by atoms with Gasteiger partial charge in [0, 0.05) is 16.1 Å². The zero-order valence-electron chi connectivity index (χ0n) is 9.99. The molecule has 17 heavy (non-hydrogen) atoms. The van der Waals surface area contributed by atoms with Crippen LogP contribution in [-0.2, 0) is 0 Å². The summed E-state index contributed by atoms with van der Waals surface area (Å²) < 4.78 is 6.32. The van der Waals surface area contributed by atoms with Gasteiger partial charge in [0.2, 0.25) is 0 Å². The van der Waals surface area contributed by atoms with Gasteiger partial charge in [-0.15, -0.1) is 12.4 Å². The molecule has 0 unspecified atom stereocenters. The minimum atomic E-state index is 0. The fraction of sp³-hybridized carbons (Fsp3) is 0.500. The normalized spacial score (nSPS) is 11.8. The molecule has 0 amide bonds. The number of hydrogen-bond acceptors (Lipinski definition) is 3. The maximum Gasteiger partial charge on any atom is 0.124 e. The Morgan fingerprint density at radius 1 is 1.35 bits per heavy atom. The molecule has 3 nitrogen and oxygen atoms in total. The predicted octanol–water partition coefficient (Wildman–Crippen LogP) is 3.01. The smallest absolute Gasteiger partial charge is 0.124 e. The van der Waals surface area contributed by atoms with Gasteiger partial charge < -0.3 is 16.2 Å². The Kier molecular flexibility index (Phi) is 8.60. The van der Waals surface area contributed by atoms with E-state index in [4.69, 9.17) is 16.2 Å². The van der Waals surface area contributed by atoms with Crippen LogP contribution >= 0.6 is 28.3 Å². The number of rotatable bonds is 6. The van der Waals surface area contributed by atoms with Crippen LogP contribution in [0, 0.1) is 0 Å². The third-order valence-corrected chi connectivity index (χ3v) is 3.06. The van der Waals surface area contributed by atoms with Gasteiger partial charge >= 0.3 is 0 Å². The molecule has 0 saturated carbocycles. The summed E-state index contributed by atoms with van der Waals surface area (Å²) in [6.07, 6.45) is 3.01. The molecule has 5 heteroatoms. The van der Waals surface area contributed by atoms with E-state index in [0.29, 0.717) is 0 Å². The highest BCUT2D eigenvalue weighted by Crippen LogP contribution is 2.29. The predicted molar refractivity (Wildman–Crippen MR) is 77.8 cm³/mol. The summed E-state index contributed by atoms with van der Waals surface area (Å²) in [6, 6.07) is 5.96. The number of unbranched alkanes of at least 4 members (excludes halogenated alkanes) is 1. The van der Waals surface area contributed by atoms with Crippen molar-refractivity contribution in [3.8, 4) is 5.75 Å². The Hall–Kier alpha value is -0.290. The van der Waals surface area contributed by atoms with E-state index in [-0.39, 0.29) is 18.4 Å². The van der Waals surface area contributed by atoms with Crippen molar-refractivity contribution in [2.24, 2.45) is 11.5 Å². The monoisotopic (exact) mass is 322 g/mol. The molecule has 0 aliphatic rings. The van der Waals surface area contributed by atoms with E-state index < -0.39 is 0 Å². The van der Waals surface area contributed by atoms with Gasteiger partial charge in [-0.25, -0.2) is 0 Å². The fourth-order valence-electron chi connectivity index (χ4n) is 1.66. The molecule has 0 aromatic heterocycles. The molecule has 1 aromatic rings. The third kappa shape index (κ3) is 5.25. The molecule has 1 rings (SSSR count). The van der Waals surface area contributed by atoms with Crippen LogP contribution in [0.1, 0.15) is 30.9 Å². The van der Waals surface area contributed by atoms with Gasteiger partial charge in [0.25, 0.3) is 0 Å². The van der Waals surface area contributed by atoms with Gasteiger partial charge in [-0.05, 0) is 31.5 Å². The molecular weight excluding hydrogens is 304 g/mol. The van der Waals surface area contributed by atoms with Crippen molar-refractivity contribution < 1.29 is 4.74 Å². The summed E-state index contributed by atoms with van der Waals surface area (Å²) in [7, 11) is 1.66. The van der Waals surface area contributed by atoms with Crippen molar-refractivity contribution in [1.29, 1.82) is 0 Å². The Morgan fingerprint density at radius 3 is 2.65 bits per heavy atom. The van der Waals surface area contributed by atoms with Crippen molar-refractivity contribution in [2.75, 3.05) is 13.7 Å². The van der Waals surface area contributed by atoms with Crippen LogP contribution in [-0.4, -0.2) is 13.7 Å². The lowest BCUT2D eigenvalue weighted by Gasteiger charge is -2.15. The average Bonchev–Trinajstić information content (AvgIpc) is 2.29. The van der Waals surface area contributed by atoms with Crippen molar-refractivity contribution in [1.82, 2.24) is 0 Å². The minimum Gasteiger partial charge on any atom is -0.496 e. The highest BCUT2D eigenvalue weighted by atomic mass is 79.9. The largest absolute Gasteiger partial charge is 0.496 e. The molecule has 0 aliphatic heterocycles. The lowest BCUT2D eigenvalue weighted by molar-refractivity contribution is 0.403. The maximum absolute atomic E-state index is 6.13. The van der Waals surface area contributed by atoms with Crippen LogP contribution < -0.4 is 16.2 Å². The van der Waals surface area contributed by atoms with Crippen molar-refractivity contribution in [3.05, 3.63) is 28.2 Å². The summed E-state index contributed by atoms with van der Waals surface area (Å²) in [6.45, 7) is 0.726. The highest BCUT2D eigenvalue weighted by Gasteiger charge is 2.11. The molecule has 0 aliphatic carbocycles. The van der Waals surface area contributed by atoms with Gasteiger partial charge in [0.15, 0.2) is 0 Å². The maximum atomic E-state index is 6.13. The second-order valence-electron chi connectivity index (χ2n) is 3.78. The van der Waals surface area contributed by atoms with Gasteiger partial charge in [0.05, 0.1) is 7.11 Å². The molecule has 1 atom stereocenters. The van der Waals surface area contributed by atoms with E-state index in [1.807, 2.05) is 18.2 Å². The second kappa shape index (κ2) is 8.75. The van der Waals surface area contributed by atoms with Gasteiger partial charge in [-0.3, -0.25) is 0 Å². The third-order valence-electron chi connectivity index (χ3n) is 2.56. The lowest BCUT2D eigenvalue weighted by atomic mass is 10.0. The van der Waals surface area contributed by atoms with E-state index in [9.17, 15) is 0 Å². The first-order chi connectivity index (χ1) is 7.69. The van der Waals surface area contributed by atoms with Crippen LogP contribution in [0.5, 0.6) is 5.75 Å². The molecule has 0 fully saturated rings. The summed E-state index contributed by atoms with van der Waals surface area (Å²) in [4.78, 5) is 0. The number of nitrogens with two attached hydrogens (primary N) is 2. The number of halogens is 2. The molecule has 0 bridgehead atoms. The van der Waals surface area contributed by atoms with E-state index in [1.165, 1.54) is 0 Å². The highest BCUT2D eigenvalue weighted by molar-refractivity contribution is 9.10. The van der Waals surface area contributed by atoms with E-state index in [1.54, 1.807) is 7.11 Å². The summed E-state index contributed by atoms with van der Waals surface area (Å²) in [5.74, 6) is 0.842. The van der Waals surface area contributed by atoms with Gasteiger partial charge in [-0.2, -0.15) is 0 Å². The van der Waals surface area contributed by atoms with Gasteiger partial charge in [-0.1, -0.05) is 28.4 Å². The number of ether oxygens (including phenoxy) is 1. The topological polar surface area (TPSA) is 61.3 Å². The number of hydrogen-bond donors (Lipinski definition) is 2. The van der Waals surface area contributed by atoms with E-state index in [2.05, 4.69) is 15.9 Å². The summed E-state index contributed by atoms with van der Waals surface area (Å²) in [5, 5.41) is 0. The minimum absolute atomic E-state index is 0. The molecule has 98 valence electrons. The van der Waals surface area contributed by atoms with Crippen LogP contribution in [0.15, 0.2) is 22.7 Å². The van der Waals surface area contributed by atoms with E-state index in [0.717, 1.165) is 41.6 Å². The molecule has 0 spiro atoms. The molecular formula is C12H20BrClN2O. The Balaban J connectivity index is 0.00000256. The van der Waals surface area contributed by atoms with E-state index >= 15 is 0 Å². The first kappa shape index (κ1) is 16.7. The van der Waals surface area contributed by atoms with Gasteiger partial charge in [0.1, 0.15) is 5.75 Å². The first-order valence-corrected chi connectivity index (χ1v) is 6.27. The Morgan fingerprint density at radius 2 is 2.06 bits per heavy atom. The lowest BCUT2D eigenvalue weighted by Crippen LogP contribution is -2.12. The molecule has 0 radical (unpaired) electrons. The number of benzene rings is 1. The molecule has 4 N–H and O–H groups in total. The van der Waals surface area contributed by atoms with Crippen molar-refractivity contribution in [3.63, 3.8) is 0 Å². The average molecular weight is 324 g/mol. The zero-order valence-corrected chi connectivity index (χ0v) is 12.4. The quantitative estimate of drug-likeness (QED) is 0.791. The first-order valence-electron chi connectivity index (χ1n) is 5.48. The van der Waals surface area contributed by atoms with Crippen LogP contribution in [0.3, 0.4) is 0 Å². The van der Waals surface area contributed by atoms with Crippen LogP contribution in [0.2, 0.25) is 0 Å². The van der Waals surface area contributed by atoms with Crippen molar-refractivity contribution in [2.45, 2.75) is 25.3 Å².